The molecule has 0 aromatic heterocycles. The average Bonchev–Trinajstić information content (AvgIpc) is 2.07. The zero-order valence-corrected chi connectivity index (χ0v) is 8.73. The number of halogens is 1. The molecule has 2 atom stereocenters. The number of quaternary nitrogens is 1. The molecule has 1 aliphatic heterocycles. The summed E-state index contributed by atoms with van der Waals surface area (Å²) in [5.74, 6) is 0. The SMILES string of the molecule is CN1CC[N+](C)([O-])P1CBr. The van der Waals surface area contributed by atoms with Gasteiger partial charge in [-0.25, -0.2) is 4.67 Å². The summed E-state index contributed by atoms with van der Waals surface area (Å²) >= 11 is 3.36. The third kappa shape index (κ3) is 1.51. The summed E-state index contributed by atoms with van der Waals surface area (Å²) < 4.78 is 2.11. The van der Waals surface area contributed by atoms with Crippen LogP contribution < -0.4 is 0 Å². The van der Waals surface area contributed by atoms with E-state index in [1.54, 1.807) is 7.05 Å². The van der Waals surface area contributed by atoms with Crippen LogP contribution in [0, 0.1) is 5.21 Å². The lowest BCUT2D eigenvalue weighted by Gasteiger charge is -2.38. The van der Waals surface area contributed by atoms with Gasteiger partial charge in [-0.05, 0) is 7.05 Å². The second-order valence-electron chi connectivity index (χ2n) is 2.65. The van der Waals surface area contributed by atoms with E-state index in [1.807, 2.05) is 7.05 Å². The first-order valence-corrected chi connectivity index (χ1v) is 5.75. The van der Waals surface area contributed by atoms with Crippen LogP contribution in [0.3, 0.4) is 0 Å². The van der Waals surface area contributed by atoms with Gasteiger partial charge < -0.3 is 9.62 Å². The van der Waals surface area contributed by atoms with Crippen molar-refractivity contribution in [1.29, 1.82) is 0 Å². The van der Waals surface area contributed by atoms with Crippen LogP contribution in [-0.2, 0) is 0 Å². The van der Waals surface area contributed by atoms with E-state index in [0.717, 1.165) is 18.2 Å². The van der Waals surface area contributed by atoms with Crippen molar-refractivity contribution in [2.45, 2.75) is 0 Å². The minimum absolute atomic E-state index is 0.0584. The van der Waals surface area contributed by atoms with E-state index in [9.17, 15) is 5.21 Å². The number of hydrogen-bond acceptors (Lipinski definition) is 2. The Morgan fingerprint density at radius 1 is 1.80 bits per heavy atom. The molecule has 0 N–H and O–H groups in total. The molecule has 0 aromatic rings. The van der Waals surface area contributed by atoms with Crippen LogP contribution in [0.2, 0.25) is 0 Å². The lowest BCUT2D eigenvalue weighted by Crippen LogP contribution is -2.28. The Kier molecular flexibility index (Phi) is 2.69. The van der Waals surface area contributed by atoms with Gasteiger partial charge in [0, 0.05) is 0 Å². The van der Waals surface area contributed by atoms with Gasteiger partial charge in [0.2, 0.25) is 0 Å². The Morgan fingerprint density at radius 2 is 2.40 bits per heavy atom. The summed E-state index contributed by atoms with van der Waals surface area (Å²) in [7, 11) is 3.27. The molecule has 0 amide bonds. The molecule has 0 radical (unpaired) electrons. The highest BCUT2D eigenvalue weighted by atomic mass is 79.9. The molecular formula is C5H12BrN2OP. The quantitative estimate of drug-likeness (QED) is 0.386. The van der Waals surface area contributed by atoms with Crippen LogP contribution in [0.25, 0.3) is 0 Å². The van der Waals surface area contributed by atoms with Crippen molar-refractivity contribution < 1.29 is 4.42 Å². The molecule has 0 bridgehead atoms. The maximum atomic E-state index is 11.6. The van der Waals surface area contributed by atoms with E-state index in [4.69, 9.17) is 0 Å². The lowest BCUT2D eigenvalue weighted by molar-refractivity contribution is -0.722. The van der Waals surface area contributed by atoms with Crippen LogP contribution in [-0.4, -0.2) is 41.3 Å². The summed E-state index contributed by atoms with van der Waals surface area (Å²) in [5, 5.41) is 12.4. The second-order valence-corrected chi connectivity index (χ2v) is 6.66. The van der Waals surface area contributed by atoms with Gasteiger partial charge in [0.25, 0.3) is 0 Å². The predicted octanol–water partition coefficient (Wildman–Crippen LogP) is 1.54. The van der Waals surface area contributed by atoms with Crippen LogP contribution in [0.15, 0.2) is 0 Å². The molecule has 1 fully saturated rings. The van der Waals surface area contributed by atoms with Crippen LogP contribution in [0.4, 0.5) is 0 Å². The van der Waals surface area contributed by atoms with Crippen molar-refractivity contribution in [2.75, 3.05) is 32.3 Å². The summed E-state index contributed by atoms with van der Waals surface area (Å²) in [6.07, 6.45) is 0. The minimum Gasteiger partial charge on any atom is -0.631 e. The van der Waals surface area contributed by atoms with E-state index in [-0.39, 0.29) is 4.42 Å². The summed E-state index contributed by atoms with van der Waals surface area (Å²) in [6.45, 7) is 1.69. The van der Waals surface area contributed by atoms with Crippen molar-refractivity contribution in [1.82, 2.24) is 4.67 Å². The molecule has 0 aromatic carbocycles. The fourth-order valence-electron chi connectivity index (χ4n) is 1.09. The van der Waals surface area contributed by atoms with Crippen molar-refractivity contribution >= 4 is 24.2 Å². The van der Waals surface area contributed by atoms with Crippen LogP contribution >= 0.6 is 24.2 Å². The number of hydrogen-bond donors (Lipinski definition) is 0. The fourth-order valence-corrected chi connectivity index (χ4v) is 5.36. The van der Waals surface area contributed by atoms with Gasteiger partial charge in [0.05, 0.1) is 25.2 Å². The molecule has 0 spiro atoms. The van der Waals surface area contributed by atoms with E-state index in [0.29, 0.717) is 0 Å². The summed E-state index contributed by atoms with van der Waals surface area (Å²) in [5.41, 5.74) is 0. The molecule has 3 nitrogen and oxygen atoms in total. The standard InChI is InChI=1S/C5H12BrN2OP/c1-7-3-4-8(2,9)10(7)5-6/h3-5H2,1-2H3. The molecule has 1 rings (SSSR count). The highest BCUT2D eigenvalue weighted by Crippen LogP contribution is 2.52. The first kappa shape index (κ1) is 8.88. The van der Waals surface area contributed by atoms with E-state index in [1.165, 1.54) is 0 Å². The zero-order chi connectivity index (χ0) is 7.78. The van der Waals surface area contributed by atoms with Crippen molar-refractivity contribution in [3.05, 3.63) is 5.21 Å². The molecule has 0 aliphatic carbocycles. The van der Waals surface area contributed by atoms with Crippen LogP contribution in [0.1, 0.15) is 0 Å². The van der Waals surface area contributed by atoms with Crippen molar-refractivity contribution in [2.24, 2.45) is 0 Å². The van der Waals surface area contributed by atoms with Gasteiger partial charge in [-0.15, -0.1) is 0 Å². The molecule has 1 saturated heterocycles. The van der Waals surface area contributed by atoms with Crippen LogP contribution in [0.5, 0.6) is 0 Å². The molecule has 5 heteroatoms. The highest BCUT2D eigenvalue weighted by Gasteiger charge is 2.35. The predicted molar refractivity (Wildman–Crippen MR) is 47.8 cm³/mol. The monoisotopic (exact) mass is 226 g/mol. The highest BCUT2D eigenvalue weighted by molar-refractivity contribution is 9.10. The maximum Gasteiger partial charge on any atom is 0.195 e. The molecule has 2 unspecified atom stereocenters. The third-order valence-corrected chi connectivity index (χ3v) is 5.55. The van der Waals surface area contributed by atoms with Gasteiger partial charge >= 0.3 is 0 Å². The van der Waals surface area contributed by atoms with E-state index < -0.39 is 8.22 Å². The number of likely N-dealkylation sites (N-methyl/N-ethyl adjacent to an activating group) is 2. The normalized spacial score (nSPS) is 42.6. The van der Waals surface area contributed by atoms with Gasteiger partial charge in [-0.1, -0.05) is 15.9 Å². The lowest BCUT2D eigenvalue weighted by atomic mass is 10.6. The van der Waals surface area contributed by atoms with Gasteiger partial charge in [0.1, 0.15) is 0 Å². The molecule has 1 heterocycles. The summed E-state index contributed by atoms with van der Waals surface area (Å²) in [6, 6.07) is 0. The number of alkyl halides is 1. The number of hydroxylamine groups is 2. The van der Waals surface area contributed by atoms with Crippen molar-refractivity contribution in [3.8, 4) is 0 Å². The molecular weight excluding hydrogens is 215 g/mol. The zero-order valence-electron chi connectivity index (χ0n) is 6.25. The molecule has 10 heavy (non-hydrogen) atoms. The fraction of sp³-hybridized carbons (Fsp3) is 1.00. The molecule has 60 valence electrons. The summed E-state index contributed by atoms with van der Waals surface area (Å²) in [4.78, 5) is 0. The maximum absolute atomic E-state index is 11.6. The average molecular weight is 227 g/mol. The Morgan fingerprint density at radius 3 is 2.60 bits per heavy atom. The van der Waals surface area contributed by atoms with Gasteiger partial charge in [-0.2, -0.15) is 0 Å². The number of rotatable bonds is 1. The Balaban J connectivity index is 2.63. The molecule has 0 saturated carbocycles. The second kappa shape index (κ2) is 3.03. The Bertz CT molecular complexity index is 133. The Labute approximate surface area is 71.2 Å². The minimum atomic E-state index is -0.515. The largest absolute Gasteiger partial charge is 0.631 e. The Hall–Kier alpha value is 0.790. The number of nitrogens with zero attached hydrogens (tertiary/aromatic N) is 2. The third-order valence-electron chi connectivity index (χ3n) is 1.83. The molecule has 1 aliphatic rings. The topological polar surface area (TPSA) is 26.3 Å². The van der Waals surface area contributed by atoms with E-state index in [2.05, 4.69) is 20.6 Å². The van der Waals surface area contributed by atoms with Gasteiger partial charge in [0.15, 0.2) is 8.22 Å². The van der Waals surface area contributed by atoms with E-state index >= 15 is 0 Å². The smallest absolute Gasteiger partial charge is 0.195 e. The first-order valence-electron chi connectivity index (χ1n) is 3.19. The first-order chi connectivity index (χ1) is 4.58. The van der Waals surface area contributed by atoms with Crippen molar-refractivity contribution in [3.63, 3.8) is 0 Å². The van der Waals surface area contributed by atoms with Gasteiger partial charge in [-0.3, -0.25) is 0 Å².